The summed E-state index contributed by atoms with van der Waals surface area (Å²) >= 11 is 0. The van der Waals surface area contributed by atoms with Crippen LogP contribution < -0.4 is 10.1 Å². The van der Waals surface area contributed by atoms with Crippen molar-refractivity contribution in [1.82, 2.24) is 19.9 Å². The summed E-state index contributed by atoms with van der Waals surface area (Å²) in [6.07, 6.45) is 3.93. The molecule has 0 saturated heterocycles. The molecule has 0 saturated carbocycles. The van der Waals surface area contributed by atoms with Gasteiger partial charge in [-0.1, -0.05) is 12.1 Å². The third kappa shape index (κ3) is 4.19. The monoisotopic (exact) mass is 327 g/mol. The molecule has 1 aromatic carbocycles. The van der Waals surface area contributed by atoms with Gasteiger partial charge in [-0.2, -0.15) is 5.10 Å². The molecule has 0 radical (unpaired) electrons. The number of nitrogens with zero attached hydrogens (tertiary/aromatic N) is 4. The number of carbonyl (C=O) groups is 1. The Balaban J connectivity index is 1.48. The first-order chi connectivity index (χ1) is 11.7. The minimum absolute atomic E-state index is 0.0885. The number of aryl methyl sites for hydroxylation is 1. The lowest BCUT2D eigenvalue weighted by atomic mass is 10.2. The molecule has 1 amide bonds. The molecule has 2 aromatic heterocycles. The van der Waals surface area contributed by atoms with Crippen molar-refractivity contribution < 1.29 is 14.1 Å². The Morgan fingerprint density at radius 2 is 2.17 bits per heavy atom. The van der Waals surface area contributed by atoms with Crippen molar-refractivity contribution >= 4 is 11.6 Å². The van der Waals surface area contributed by atoms with Gasteiger partial charge in [0.2, 0.25) is 5.91 Å². The highest BCUT2D eigenvalue weighted by molar-refractivity contribution is 5.90. The third-order valence-corrected chi connectivity index (χ3v) is 3.39. The maximum atomic E-state index is 12.0. The molecule has 0 unspecified atom stereocenters. The van der Waals surface area contributed by atoms with Crippen LogP contribution in [0.4, 0.5) is 5.69 Å². The molecule has 0 spiro atoms. The van der Waals surface area contributed by atoms with Crippen molar-refractivity contribution in [2.24, 2.45) is 0 Å². The predicted molar refractivity (Wildman–Crippen MR) is 85.6 cm³/mol. The molecule has 8 nitrogen and oxygen atoms in total. The highest BCUT2D eigenvalue weighted by Gasteiger charge is 2.08. The molecule has 24 heavy (non-hydrogen) atoms. The van der Waals surface area contributed by atoms with Crippen LogP contribution in [0.25, 0.3) is 0 Å². The highest BCUT2D eigenvalue weighted by Crippen LogP contribution is 2.14. The van der Waals surface area contributed by atoms with E-state index >= 15 is 0 Å². The molecule has 124 valence electrons. The summed E-state index contributed by atoms with van der Waals surface area (Å²) in [4.78, 5) is 15.9. The SMILES string of the molecule is COc1cc(CCC(=O)Nc2ccc(Cn3cncn3)cc2)on1. The average Bonchev–Trinajstić information content (AvgIpc) is 3.26. The number of methoxy groups -OCH3 is 1. The zero-order valence-corrected chi connectivity index (χ0v) is 13.2. The molecule has 3 aromatic rings. The molecule has 0 aliphatic heterocycles. The van der Waals surface area contributed by atoms with Gasteiger partial charge in [0.15, 0.2) is 0 Å². The van der Waals surface area contributed by atoms with Crippen molar-refractivity contribution in [1.29, 1.82) is 0 Å². The van der Waals surface area contributed by atoms with Gasteiger partial charge < -0.3 is 14.6 Å². The van der Waals surface area contributed by atoms with Gasteiger partial charge in [-0.3, -0.25) is 4.79 Å². The molecule has 8 heteroatoms. The molecular formula is C16H17N5O3. The summed E-state index contributed by atoms with van der Waals surface area (Å²) in [5.41, 5.74) is 1.82. The maximum absolute atomic E-state index is 12.0. The second-order valence-corrected chi connectivity index (χ2v) is 5.17. The number of benzene rings is 1. The second-order valence-electron chi connectivity index (χ2n) is 5.17. The molecule has 0 fully saturated rings. The van der Waals surface area contributed by atoms with Crippen LogP contribution in [0.15, 0.2) is 47.5 Å². The zero-order valence-electron chi connectivity index (χ0n) is 13.2. The fourth-order valence-electron chi connectivity index (χ4n) is 2.16. The van der Waals surface area contributed by atoms with Crippen molar-refractivity contribution in [2.75, 3.05) is 12.4 Å². The Hall–Kier alpha value is -3.16. The molecule has 2 heterocycles. The van der Waals surface area contributed by atoms with Crippen LogP contribution in [0.2, 0.25) is 0 Å². The van der Waals surface area contributed by atoms with Crippen LogP contribution >= 0.6 is 0 Å². The van der Waals surface area contributed by atoms with Gasteiger partial charge in [-0.25, -0.2) is 9.67 Å². The van der Waals surface area contributed by atoms with Gasteiger partial charge >= 0.3 is 0 Å². The van der Waals surface area contributed by atoms with Gasteiger partial charge in [0.1, 0.15) is 18.4 Å². The number of ether oxygens (including phenoxy) is 1. The standard InChI is InChI=1S/C16H17N5O3/c1-23-16-8-14(24-20-16)6-7-15(22)19-13-4-2-12(3-5-13)9-21-11-17-10-18-21/h2-5,8,10-11H,6-7,9H2,1H3,(H,19,22). The first-order valence-electron chi connectivity index (χ1n) is 7.44. The lowest BCUT2D eigenvalue weighted by Gasteiger charge is -2.06. The van der Waals surface area contributed by atoms with E-state index in [1.54, 1.807) is 17.1 Å². The lowest BCUT2D eigenvalue weighted by Crippen LogP contribution is -2.12. The molecule has 1 N–H and O–H groups in total. The smallest absolute Gasteiger partial charge is 0.254 e. The van der Waals surface area contributed by atoms with E-state index < -0.39 is 0 Å². The fraction of sp³-hybridized carbons (Fsp3) is 0.250. The van der Waals surface area contributed by atoms with Gasteiger partial charge in [-0.15, -0.1) is 0 Å². The summed E-state index contributed by atoms with van der Waals surface area (Å²) in [6.45, 7) is 0.640. The van der Waals surface area contributed by atoms with E-state index in [1.807, 2.05) is 24.3 Å². The van der Waals surface area contributed by atoms with E-state index in [-0.39, 0.29) is 5.91 Å². The van der Waals surface area contributed by atoms with Crippen LogP contribution in [0.3, 0.4) is 0 Å². The van der Waals surface area contributed by atoms with Crippen molar-refractivity contribution in [3.8, 4) is 5.88 Å². The minimum atomic E-state index is -0.0885. The van der Waals surface area contributed by atoms with Crippen molar-refractivity contribution in [2.45, 2.75) is 19.4 Å². The zero-order chi connectivity index (χ0) is 16.8. The average molecular weight is 327 g/mol. The van der Waals surface area contributed by atoms with E-state index in [0.717, 1.165) is 11.3 Å². The second kappa shape index (κ2) is 7.40. The van der Waals surface area contributed by atoms with E-state index in [1.165, 1.54) is 13.4 Å². The lowest BCUT2D eigenvalue weighted by molar-refractivity contribution is -0.116. The molecular weight excluding hydrogens is 310 g/mol. The largest absolute Gasteiger partial charge is 0.479 e. The van der Waals surface area contributed by atoms with Crippen LogP contribution in [-0.2, 0) is 17.8 Å². The molecule has 3 rings (SSSR count). The Morgan fingerprint density at radius 1 is 1.33 bits per heavy atom. The topological polar surface area (TPSA) is 95.1 Å². The van der Waals surface area contributed by atoms with Gasteiger partial charge in [0.05, 0.1) is 13.7 Å². The van der Waals surface area contributed by atoms with E-state index in [4.69, 9.17) is 9.26 Å². The number of amides is 1. The highest BCUT2D eigenvalue weighted by atomic mass is 16.5. The molecule has 0 aliphatic carbocycles. The Kier molecular flexibility index (Phi) is 4.85. The normalized spacial score (nSPS) is 10.5. The summed E-state index contributed by atoms with van der Waals surface area (Å²) in [6, 6.07) is 9.28. The van der Waals surface area contributed by atoms with Gasteiger partial charge in [-0.05, 0) is 22.9 Å². The van der Waals surface area contributed by atoms with Gasteiger partial charge in [0, 0.05) is 24.6 Å². The van der Waals surface area contributed by atoms with Crippen LogP contribution in [-0.4, -0.2) is 32.9 Å². The molecule has 0 aliphatic rings. The quantitative estimate of drug-likeness (QED) is 0.712. The molecule has 0 bridgehead atoms. The number of hydrogen-bond donors (Lipinski definition) is 1. The van der Waals surface area contributed by atoms with E-state index in [0.29, 0.717) is 31.0 Å². The van der Waals surface area contributed by atoms with Crippen LogP contribution in [0.5, 0.6) is 5.88 Å². The summed E-state index contributed by atoms with van der Waals surface area (Å²) in [5, 5.41) is 10.6. The predicted octanol–water partition coefficient (Wildman–Crippen LogP) is 1.89. The number of anilines is 1. The Labute approximate surface area is 138 Å². The third-order valence-electron chi connectivity index (χ3n) is 3.39. The number of nitrogens with one attached hydrogen (secondary N) is 1. The van der Waals surface area contributed by atoms with Crippen molar-refractivity contribution in [3.63, 3.8) is 0 Å². The minimum Gasteiger partial charge on any atom is -0.479 e. The Morgan fingerprint density at radius 3 is 2.83 bits per heavy atom. The molecule has 0 atom stereocenters. The van der Waals surface area contributed by atoms with Crippen LogP contribution in [0, 0.1) is 0 Å². The number of hydrogen-bond acceptors (Lipinski definition) is 6. The van der Waals surface area contributed by atoms with Crippen LogP contribution in [0.1, 0.15) is 17.7 Å². The fourth-order valence-corrected chi connectivity index (χ4v) is 2.16. The first kappa shape index (κ1) is 15.7. The van der Waals surface area contributed by atoms with E-state index in [2.05, 4.69) is 20.6 Å². The maximum Gasteiger partial charge on any atom is 0.254 e. The van der Waals surface area contributed by atoms with Crippen molar-refractivity contribution in [3.05, 3.63) is 54.3 Å². The summed E-state index contributed by atoms with van der Waals surface area (Å²) in [5.74, 6) is 0.938. The van der Waals surface area contributed by atoms with E-state index in [9.17, 15) is 4.79 Å². The summed E-state index contributed by atoms with van der Waals surface area (Å²) < 4.78 is 11.7. The number of aromatic nitrogens is 4. The number of rotatable bonds is 7. The summed E-state index contributed by atoms with van der Waals surface area (Å²) in [7, 11) is 1.51. The van der Waals surface area contributed by atoms with Gasteiger partial charge in [0.25, 0.3) is 5.88 Å². The number of carbonyl (C=O) groups excluding carboxylic acids is 1. The first-order valence-corrected chi connectivity index (χ1v) is 7.44. The Bertz CT molecular complexity index is 780.